The van der Waals surface area contributed by atoms with Crippen LogP contribution in [0.1, 0.15) is 53.4 Å². The molecule has 0 spiro atoms. The zero-order chi connectivity index (χ0) is 18.8. The fourth-order valence-electron chi connectivity index (χ4n) is 2.88. The Hall–Kier alpha value is -1.73. The molecule has 0 atom stereocenters. The van der Waals surface area contributed by atoms with Crippen molar-refractivity contribution in [3.8, 4) is 0 Å². The SMILES string of the molecule is CC(C)=CCC/C(C)=C/CC/C(C)=C/CSc1ccc2ccccc2c1. The van der Waals surface area contributed by atoms with Gasteiger partial charge in [-0.3, -0.25) is 0 Å². The molecule has 0 amide bonds. The average molecular weight is 365 g/mol. The minimum absolute atomic E-state index is 1.05. The Kier molecular flexibility index (Phi) is 8.77. The zero-order valence-electron chi connectivity index (χ0n) is 16.7. The van der Waals surface area contributed by atoms with E-state index in [2.05, 4.69) is 88.4 Å². The highest BCUT2D eigenvalue weighted by molar-refractivity contribution is 7.99. The van der Waals surface area contributed by atoms with Gasteiger partial charge in [0.05, 0.1) is 0 Å². The summed E-state index contributed by atoms with van der Waals surface area (Å²) in [5.41, 5.74) is 4.42. The van der Waals surface area contributed by atoms with E-state index in [4.69, 9.17) is 0 Å². The molecule has 0 bridgehead atoms. The van der Waals surface area contributed by atoms with Crippen LogP contribution >= 0.6 is 11.8 Å². The van der Waals surface area contributed by atoms with Crippen molar-refractivity contribution in [2.24, 2.45) is 0 Å². The number of fused-ring (bicyclic) bond motifs is 1. The van der Waals surface area contributed by atoms with Crippen LogP contribution in [0.3, 0.4) is 0 Å². The van der Waals surface area contributed by atoms with E-state index in [9.17, 15) is 0 Å². The Morgan fingerprint density at radius 3 is 2.15 bits per heavy atom. The minimum atomic E-state index is 1.05. The van der Waals surface area contributed by atoms with Gasteiger partial charge in [0.1, 0.15) is 0 Å². The van der Waals surface area contributed by atoms with Crippen LogP contribution in [0.2, 0.25) is 0 Å². The van der Waals surface area contributed by atoms with Gasteiger partial charge in [-0.1, -0.05) is 65.3 Å². The number of allylic oxidation sites excluding steroid dienone is 5. The van der Waals surface area contributed by atoms with Gasteiger partial charge in [0.25, 0.3) is 0 Å². The van der Waals surface area contributed by atoms with E-state index in [0.29, 0.717) is 0 Å². The van der Waals surface area contributed by atoms with Gasteiger partial charge < -0.3 is 0 Å². The predicted octanol–water partition coefficient (Wildman–Crippen LogP) is 8.35. The van der Waals surface area contributed by atoms with E-state index < -0.39 is 0 Å². The number of rotatable bonds is 9. The molecule has 0 radical (unpaired) electrons. The van der Waals surface area contributed by atoms with Gasteiger partial charge in [0.2, 0.25) is 0 Å². The maximum atomic E-state index is 2.41. The molecule has 0 fully saturated rings. The molecule has 0 saturated heterocycles. The molecule has 2 aromatic carbocycles. The van der Waals surface area contributed by atoms with E-state index in [1.807, 2.05) is 11.8 Å². The van der Waals surface area contributed by atoms with Gasteiger partial charge in [-0.2, -0.15) is 0 Å². The molecule has 0 saturated carbocycles. The van der Waals surface area contributed by atoms with Crippen LogP contribution in [0.5, 0.6) is 0 Å². The second-order valence-electron chi connectivity index (χ2n) is 7.28. The van der Waals surface area contributed by atoms with Gasteiger partial charge in [-0.25, -0.2) is 0 Å². The van der Waals surface area contributed by atoms with Crippen LogP contribution in [-0.2, 0) is 0 Å². The lowest BCUT2D eigenvalue weighted by Crippen LogP contribution is -1.82. The fraction of sp³-hybridized carbons (Fsp3) is 0.360. The lowest BCUT2D eigenvalue weighted by atomic mass is 10.1. The highest BCUT2D eigenvalue weighted by Crippen LogP contribution is 2.24. The fourth-order valence-corrected chi connectivity index (χ4v) is 3.81. The molecule has 0 nitrogen and oxygen atoms in total. The molecule has 26 heavy (non-hydrogen) atoms. The quantitative estimate of drug-likeness (QED) is 0.318. The molecule has 0 heterocycles. The van der Waals surface area contributed by atoms with E-state index in [1.165, 1.54) is 45.2 Å². The van der Waals surface area contributed by atoms with Crippen LogP contribution in [0.25, 0.3) is 10.8 Å². The molecule has 0 aromatic heterocycles. The average Bonchev–Trinajstić information content (AvgIpc) is 2.61. The highest BCUT2D eigenvalue weighted by atomic mass is 32.2. The maximum absolute atomic E-state index is 2.41. The van der Waals surface area contributed by atoms with Crippen LogP contribution in [0.4, 0.5) is 0 Å². The summed E-state index contributed by atoms with van der Waals surface area (Å²) >= 11 is 1.92. The van der Waals surface area contributed by atoms with Crippen molar-refractivity contribution < 1.29 is 0 Å². The van der Waals surface area contributed by atoms with Crippen molar-refractivity contribution in [2.45, 2.75) is 58.3 Å². The van der Waals surface area contributed by atoms with E-state index in [1.54, 1.807) is 0 Å². The standard InChI is InChI=1S/C25H32S/c1-20(2)9-7-10-21(3)11-8-12-22(4)17-18-26-25-16-15-23-13-5-6-14-24(23)19-25/h5-6,9,11,13-17,19H,7-8,10,12,18H2,1-4H3/b21-11+,22-17+. The smallest absolute Gasteiger partial charge is 0.0163 e. The number of hydrogen-bond donors (Lipinski definition) is 0. The lowest BCUT2D eigenvalue weighted by molar-refractivity contribution is 0.917. The van der Waals surface area contributed by atoms with E-state index >= 15 is 0 Å². The number of thioether (sulfide) groups is 1. The third-order valence-electron chi connectivity index (χ3n) is 4.53. The first-order valence-electron chi connectivity index (χ1n) is 9.61. The third kappa shape index (κ3) is 7.66. The van der Waals surface area contributed by atoms with Crippen LogP contribution in [0, 0.1) is 0 Å². The van der Waals surface area contributed by atoms with E-state index in [-0.39, 0.29) is 0 Å². The summed E-state index contributed by atoms with van der Waals surface area (Å²) in [6, 6.07) is 15.3. The summed E-state index contributed by atoms with van der Waals surface area (Å²) in [5, 5.41) is 2.64. The molecular formula is C25H32S. The molecule has 0 unspecified atom stereocenters. The molecule has 0 aliphatic rings. The lowest BCUT2D eigenvalue weighted by Gasteiger charge is -2.04. The molecule has 2 rings (SSSR count). The van der Waals surface area contributed by atoms with Crippen molar-refractivity contribution in [2.75, 3.05) is 5.75 Å². The van der Waals surface area contributed by atoms with Gasteiger partial charge in [0, 0.05) is 10.6 Å². The molecule has 0 aliphatic carbocycles. The Labute approximate surface area is 164 Å². The molecule has 2 aromatic rings. The van der Waals surface area contributed by atoms with Crippen molar-refractivity contribution in [3.05, 3.63) is 77.4 Å². The topological polar surface area (TPSA) is 0 Å². The minimum Gasteiger partial charge on any atom is -0.122 e. The Bertz CT molecular complexity index is 789. The van der Waals surface area contributed by atoms with Crippen molar-refractivity contribution in [1.82, 2.24) is 0 Å². The van der Waals surface area contributed by atoms with Crippen LogP contribution in [0.15, 0.2) is 82.3 Å². The number of hydrogen-bond acceptors (Lipinski definition) is 1. The Morgan fingerprint density at radius 1 is 0.769 bits per heavy atom. The summed E-state index contributed by atoms with van der Waals surface area (Å²) in [6.07, 6.45) is 11.8. The second-order valence-corrected chi connectivity index (χ2v) is 8.37. The number of benzene rings is 2. The van der Waals surface area contributed by atoms with E-state index in [0.717, 1.165) is 18.6 Å². The summed E-state index contributed by atoms with van der Waals surface area (Å²) in [5.74, 6) is 1.05. The molecule has 0 N–H and O–H groups in total. The highest BCUT2D eigenvalue weighted by Gasteiger charge is 1.97. The molecule has 1 heteroatoms. The summed E-state index contributed by atoms with van der Waals surface area (Å²) < 4.78 is 0. The zero-order valence-corrected chi connectivity index (χ0v) is 17.5. The van der Waals surface area contributed by atoms with Gasteiger partial charge in [-0.05, 0) is 76.3 Å². The largest absolute Gasteiger partial charge is 0.122 e. The monoisotopic (exact) mass is 364 g/mol. The van der Waals surface area contributed by atoms with Crippen molar-refractivity contribution >= 4 is 22.5 Å². The van der Waals surface area contributed by atoms with Crippen LogP contribution < -0.4 is 0 Å². The summed E-state index contributed by atoms with van der Waals surface area (Å²) in [4.78, 5) is 1.35. The first-order valence-corrected chi connectivity index (χ1v) is 10.6. The first kappa shape index (κ1) is 20.6. The summed E-state index contributed by atoms with van der Waals surface area (Å²) in [7, 11) is 0. The van der Waals surface area contributed by atoms with Gasteiger partial charge in [-0.15, -0.1) is 11.8 Å². The molecule has 0 aliphatic heterocycles. The first-order chi connectivity index (χ1) is 12.5. The maximum Gasteiger partial charge on any atom is 0.0163 e. The van der Waals surface area contributed by atoms with Crippen molar-refractivity contribution in [1.29, 1.82) is 0 Å². The second kappa shape index (κ2) is 11.1. The van der Waals surface area contributed by atoms with Crippen LogP contribution in [-0.4, -0.2) is 5.75 Å². The normalized spacial score (nSPS) is 12.5. The Balaban J connectivity index is 1.74. The molecular weight excluding hydrogens is 332 g/mol. The van der Waals surface area contributed by atoms with Crippen molar-refractivity contribution in [3.63, 3.8) is 0 Å². The van der Waals surface area contributed by atoms with Gasteiger partial charge in [0.15, 0.2) is 0 Å². The molecule has 138 valence electrons. The predicted molar refractivity (Wildman–Crippen MR) is 120 cm³/mol. The summed E-state index contributed by atoms with van der Waals surface area (Å²) in [6.45, 7) is 8.85. The third-order valence-corrected chi connectivity index (χ3v) is 5.45. The Morgan fingerprint density at radius 2 is 1.42 bits per heavy atom. The van der Waals surface area contributed by atoms with Gasteiger partial charge >= 0.3 is 0 Å².